The molecule has 12 rings (SSSR count). The van der Waals surface area contributed by atoms with Crippen molar-refractivity contribution in [1.82, 2.24) is 0 Å². The first-order valence-corrected chi connectivity index (χ1v) is 21.2. The van der Waals surface area contributed by atoms with Gasteiger partial charge < -0.3 is 9.32 Å². The van der Waals surface area contributed by atoms with Crippen molar-refractivity contribution in [2.45, 2.75) is 0 Å². The van der Waals surface area contributed by atoms with Crippen LogP contribution >= 0.6 is 0 Å². The molecule has 0 fully saturated rings. The number of anilines is 3. The lowest BCUT2D eigenvalue weighted by atomic mass is 9.96. The molecular weight excluding hydrogens is 751 g/mol. The summed E-state index contributed by atoms with van der Waals surface area (Å²) < 4.78 is 6.34. The summed E-state index contributed by atoms with van der Waals surface area (Å²) in [6.07, 6.45) is 0. The maximum atomic E-state index is 6.34. The molecule has 11 aromatic carbocycles. The van der Waals surface area contributed by atoms with E-state index in [1.54, 1.807) is 0 Å². The molecule has 0 aliphatic heterocycles. The zero-order valence-electron chi connectivity index (χ0n) is 33.9. The van der Waals surface area contributed by atoms with Crippen LogP contribution in [0.4, 0.5) is 17.1 Å². The highest BCUT2D eigenvalue weighted by Gasteiger charge is 2.17. The van der Waals surface area contributed by atoms with E-state index < -0.39 is 0 Å². The summed E-state index contributed by atoms with van der Waals surface area (Å²) in [6, 6.07) is 85.5. The van der Waals surface area contributed by atoms with E-state index in [0.717, 1.165) is 50.5 Å². The number of benzene rings is 11. The number of rotatable bonds is 7. The zero-order valence-corrected chi connectivity index (χ0v) is 33.9. The van der Waals surface area contributed by atoms with E-state index in [1.807, 2.05) is 12.1 Å². The van der Waals surface area contributed by atoms with E-state index in [0.29, 0.717) is 0 Å². The van der Waals surface area contributed by atoms with Gasteiger partial charge in [0.15, 0.2) is 0 Å². The highest BCUT2D eigenvalue weighted by molar-refractivity contribution is 6.09. The van der Waals surface area contributed by atoms with Crippen LogP contribution in [0, 0.1) is 0 Å². The number of para-hydroxylation sites is 1. The third-order valence-corrected chi connectivity index (χ3v) is 12.5. The number of fused-ring (bicyclic) bond motifs is 7. The van der Waals surface area contributed by atoms with E-state index in [9.17, 15) is 0 Å². The third-order valence-electron chi connectivity index (χ3n) is 12.5. The molecule has 2 heteroatoms. The van der Waals surface area contributed by atoms with E-state index in [4.69, 9.17) is 4.42 Å². The predicted octanol–water partition coefficient (Wildman–Crippen LogP) is 17.2. The van der Waals surface area contributed by atoms with Crippen molar-refractivity contribution in [2.24, 2.45) is 0 Å². The van der Waals surface area contributed by atoms with Crippen LogP contribution in [0.3, 0.4) is 0 Å². The topological polar surface area (TPSA) is 16.4 Å². The van der Waals surface area contributed by atoms with Crippen molar-refractivity contribution in [1.29, 1.82) is 0 Å². The highest BCUT2D eigenvalue weighted by atomic mass is 16.3. The first-order valence-electron chi connectivity index (χ1n) is 21.2. The second-order valence-corrected chi connectivity index (χ2v) is 16.1. The van der Waals surface area contributed by atoms with Crippen molar-refractivity contribution >= 4 is 71.1 Å². The van der Waals surface area contributed by atoms with Gasteiger partial charge in [-0.3, -0.25) is 0 Å². The standard InChI is InChI=1S/C60H39NO/c1-4-12-53-42(9-1)17-19-47-37-45(27-35-56(47)53)40-21-29-50(30-22-40)61(51-31-23-41(24-32-51)46-28-36-57-48(38-46)20-18-43-10-2-5-13-54(43)57)52-33-25-44(26-34-52)55-14-6-7-15-58(55)60-39-49-11-3-8-16-59(49)62-60/h1-39H. The van der Waals surface area contributed by atoms with E-state index >= 15 is 0 Å². The Hall–Kier alpha value is -8.20. The van der Waals surface area contributed by atoms with Crippen LogP contribution in [0.2, 0.25) is 0 Å². The van der Waals surface area contributed by atoms with Gasteiger partial charge in [-0.25, -0.2) is 0 Å². The van der Waals surface area contributed by atoms with Crippen molar-refractivity contribution in [2.75, 3.05) is 4.90 Å². The van der Waals surface area contributed by atoms with E-state index in [-0.39, 0.29) is 0 Å². The van der Waals surface area contributed by atoms with Gasteiger partial charge in [0.2, 0.25) is 0 Å². The SMILES string of the molecule is c1ccc(-c2cc3ccccc3o2)c(-c2ccc(N(c3ccc(-c4ccc5c(ccc6ccccc65)c4)cc3)c3ccc(-c4ccc5c(ccc6ccccc65)c4)cc3)cc2)c1. The first-order chi connectivity index (χ1) is 30.7. The summed E-state index contributed by atoms with van der Waals surface area (Å²) in [5.74, 6) is 0.868. The second-order valence-electron chi connectivity index (χ2n) is 16.1. The molecule has 0 aliphatic rings. The zero-order chi connectivity index (χ0) is 41.0. The van der Waals surface area contributed by atoms with Crippen molar-refractivity contribution < 1.29 is 4.42 Å². The molecular formula is C60H39NO. The minimum atomic E-state index is 0.868. The number of hydrogen-bond acceptors (Lipinski definition) is 2. The fraction of sp³-hybridized carbons (Fsp3) is 0. The molecule has 0 amide bonds. The maximum Gasteiger partial charge on any atom is 0.136 e. The molecule has 0 radical (unpaired) electrons. The molecule has 1 heterocycles. The summed E-state index contributed by atoms with van der Waals surface area (Å²) >= 11 is 0. The molecule has 0 unspecified atom stereocenters. The molecule has 62 heavy (non-hydrogen) atoms. The Bertz CT molecular complexity index is 3420. The number of hydrogen-bond donors (Lipinski definition) is 0. The summed E-state index contributed by atoms with van der Waals surface area (Å²) in [5.41, 5.74) is 12.2. The third kappa shape index (κ3) is 6.29. The number of nitrogens with zero attached hydrogens (tertiary/aromatic N) is 1. The highest BCUT2D eigenvalue weighted by Crippen LogP contribution is 2.41. The second kappa shape index (κ2) is 14.8. The van der Waals surface area contributed by atoms with Crippen LogP contribution in [0.1, 0.15) is 0 Å². The predicted molar refractivity (Wildman–Crippen MR) is 263 cm³/mol. The Morgan fingerprint density at radius 3 is 1.19 bits per heavy atom. The Kier molecular flexibility index (Phi) is 8.53. The average molecular weight is 790 g/mol. The largest absolute Gasteiger partial charge is 0.456 e. The molecule has 1 aromatic heterocycles. The van der Waals surface area contributed by atoms with Gasteiger partial charge in [0.05, 0.1) is 0 Å². The summed E-state index contributed by atoms with van der Waals surface area (Å²) in [5, 5.41) is 11.2. The van der Waals surface area contributed by atoms with Crippen LogP contribution in [0.15, 0.2) is 241 Å². The molecule has 12 aromatic rings. The summed E-state index contributed by atoms with van der Waals surface area (Å²) in [6.45, 7) is 0. The van der Waals surface area contributed by atoms with Gasteiger partial charge in [0, 0.05) is 28.0 Å². The van der Waals surface area contributed by atoms with Gasteiger partial charge in [-0.05, 0) is 137 Å². The minimum Gasteiger partial charge on any atom is -0.456 e. The lowest BCUT2D eigenvalue weighted by molar-refractivity contribution is 0.632. The fourth-order valence-corrected chi connectivity index (χ4v) is 9.29. The molecule has 0 bridgehead atoms. The molecule has 0 saturated heterocycles. The Morgan fingerprint density at radius 2 is 0.661 bits per heavy atom. The van der Waals surface area contributed by atoms with Crippen LogP contribution < -0.4 is 4.90 Å². The monoisotopic (exact) mass is 789 g/mol. The van der Waals surface area contributed by atoms with Crippen LogP contribution in [-0.4, -0.2) is 0 Å². The minimum absolute atomic E-state index is 0.868. The molecule has 0 N–H and O–H groups in total. The van der Waals surface area contributed by atoms with Gasteiger partial charge in [-0.15, -0.1) is 0 Å². The van der Waals surface area contributed by atoms with Gasteiger partial charge in [0.25, 0.3) is 0 Å². The molecule has 0 saturated carbocycles. The summed E-state index contributed by atoms with van der Waals surface area (Å²) in [7, 11) is 0. The first kappa shape index (κ1) is 35.7. The fourth-order valence-electron chi connectivity index (χ4n) is 9.29. The number of furan rings is 1. The maximum absolute atomic E-state index is 6.34. The van der Waals surface area contributed by atoms with E-state index in [1.165, 1.54) is 65.3 Å². The Balaban J connectivity index is 0.914. The lowest BCUT2D eigenvalue weighted by Crippen LogP contribution is -2.09. The molecule has 0 spiro atoms. The molecule has 290 valence electrons. The quantitative estimate of drug-likeness (QED) is 0.150. The molecule has 0 aliphatic carbocycles. The smallest absolute Gasteiger partial charge is 0.136 e. The Labute approximate surface area is 360 Å². The Morgan fingerprint density at radius 1 is 0.258 bits per heavy atom. The van der Waals surface area contributed by atoms with Gasteiger partial charge in [-0.2, -0.15) is 0 Å². The van der Waals surface area contributed by atoms with Gasteiger partial charge in [0.1, 0.15) is 11.3 Å². The molecule has 2 nitrogen and oxygen atoms in total. The lowest BCUT2D eigenvalue weighted by Gasteiger charge is -2.26. The normalized spacial score (nSPS) is 11.5. The average Bonchev–Trinajstić information content (AvgIpc) is 3.79. The molecule has 0 atom stereocenters. The van der Waals surface area contributed by atoms with Crippen LogP contribution in [0.5, 0.6) is 0 Å². The van der Waals surface area contributed by atoms with Gasteiger partial charge in [-0.1, -0.05) is 176 Å². The van der Waals surface area contributed by atoms with E-state index in [2.05, 4.69) is 229 Å². The van der Waals surface area contributed by atoms with Crippen molar-refractivity contribution in [3.63, 3.8) is 0 Å². The van der Waals surface area contributed by atoms with Crippen molar-refractivity contribution in [3.8, 4) is 44.7 Å². The summed E-state index contributed by atoms with van der Waals surface area (Å²) in [4.78, 5) is 2.35. The van der Waals surface area contributed by atoms with Crippen molar-refractivity contribution in [3.05, 3.63) is 237 Å². The van der Waals surface area contributed by atoms with Crippen LogP contribution in [-0.2, 0) is 0 Å². The van der Waals surface area contributed by atoms with Gasteiger partial charge >= 0.3 is 0 Å². The van der Waals surface area contributed by atoms with Crippen LogP contribution in [0.25, 0.3) is 98.8 Å².